The van der Waals surface area contributed by atoms with Gasteiger partial charge in [0.05, 0.1) is 0 Å². The molecule has 0 saturated heterocycles. The highest BCUT2D eigenvalue weighted by Crippen LogP contribution is 2.41. The normalized spacial score (nSPS) is 17.8. The molecule has 0 aromatic carbocycles. The fourth-order valence-electron chi connectivity index (χ4n) is 2.06. The van der Waals surface area contributed by atoms with E-state index < -0.39 is 0 Å². The minimum Gasteiger partial charge on any atom is -0.355 e. The van der Waals surface area contributed by atoms with Gasteiger partial charge < -0.3 is 5.32 Å². The van der Waals surface area contributed by atoms with E-state index in [-0.39, 0.29) is 0 Å². The molecule has 1 aliphatic rings. The molecule has 15 heavy (non-hydrogen) atoms. The summed E-state index contributed by atoms with van der Waals surface area (Å²) >= 11 is 0. The molecule has 1 fully saturated rings. The van der Waals surface area contributed by atoms with Crippen molar-refractivity contribution in [2.75, 3.05) is 11.9 Å². The second-order valence-corrected chi connectivity index (χ2v) is 4.28. The van der Waals surface area contributed by atoms with Crippen LogP contribution in [0.5, 0.6) is 0 Å². The van der Waals surface area contributed by atoms with Gasteiger partial charge in [-0.25, -0.2) is 0 Å². The van der Waals surface area contributed by atoms with Crippen molar-refractivity contribution in [1.82, 2.24) is 14.8 Å². The summed E-state index contributed by atoms with van der Waals surface area (Å²) in [5.74, 6) is 3.47. The summed E-state index contributed by atoms with van der Waals surface area (Å²) in [5, 5.41) is 11.8. The van der Waals surface area contributed by atoms with Crippen molar-refractivity contribution in [2.24, 2.45) is 5.92 Å². The maximum Gasteiger partial charge on any atom is 0.224 e. The Labute approximate surface area is 91.1 Å². The maximum absolute atomic E-state index is 4.32. The molecule has 1 saturated carbocycles. The summed E-state index contributed by atoms with van der Waals surface area (Å²) in [6, 6.07) is 0. The van der Waals surface area contributed by atoms with Crippen LogP contribution < -0.4 is 5.32 Å². The van der Waals surface area contributed by atoms with E-state index in [1.807, 2.05) is 0 Å². The number of nitrogens with one attached hydrogen (secondary N) is 1. The Kier molecular flexibility index (Phi) is 2.93. The van der Waals surface area contributed by atoms with E-state index in [4.69, 9.17) is 0 Å². The minimum atomic E-state index is 0.560. The van der Waals surface area contributed by atoms with E-state index in [0.717, 1.165) is 30.8 Å². The second kappa shape index (κ2) is 4.21. The van der Waals surface area contributed by atoms with E-state index >= 15 is 0 Å². The summed E-state index contributed by atoms with van der Waals surface area (Å²) in [7, 11) is 0. The van der Waals surface area contributed by atoms with Crippen LogP contribution in [0.2, 0.25) is 0 Å². The van der Waals surface area contributed by atoms with Gasteiger partial charge in [0, 0.05) is 19.0 Å². The Morgan fingerprint density at radius 2 is 2.13 bits per heavy atom. The summed E-state index contributed by atoms with van der Waals surface area (Å²) in [6.45, 7) is 8.34. The van der Waals surface area contributed by atoms with Gasteiger partial charge in [0.2, 0.25) is 5.95 Å². The summed E-state index contributed by atoms with van der Waals surface area (Å²) in [5.41, 5.74) is 0. The Morgan fingerprint density at radius 3 is 2.67 bits per heavy atom. The molecule has 4 nitrogen and oxygen atoms in total. The zero-order chi connectivity index (χ0) is 10.8. The third-order valence-corrected chi connectivity index (χ3v) is 3.17. The molecule has 0 radical (unpaired) electrons. The van der Waals surface area contributed by atoms with Crippen LogP contribution in [0, 0.1) is 5.92 Å². The van der Waals surface area contributed by atoms with Gasteiger partial charge in [-0.1, -0.05) is 6.92 Å². The number of anilines is 1. The minimum absolute atomic E-state index is 0.560. The fraction of sp³-hybridized carbons (Fsp3) is 0.818. The second-order valence-electron chi connectivity index (χ2n) is 4.28. The molecular weight excluding hydrogens is 188 g/mol. The lowest BCUT2D eigenvalue weighted by atomic mass is 10.1. The lowest BCUT2D eigenvalue weighted by Crippen LogP contribution is -2.11. The molecule has 1 atom stereocenters. The number of rotatable bonds is 5. The predicted molar refractivity (Wildman–Crippen MR) is 61.0 cm³/mol. The first kappa shape index (κ1) is 10.5. The first-order valence-corrected chi connectivity index (χ1v) is 5.94. The average Bonchev–Trinajstić information content (AvgIpc) is 3.00. The molecule has 1 heterocycles. The van der Waals surface area contributed by atoms with Crippen LogP contribution in [0.1, 0.15) is 45.4 Å². The van der Waals surface area contributed by atoms with Crippen LogP contribution >= 0.6 is 0 Å². The highest BCUT2D eigenvalue weighted by atomic mass is 15.3. The van der Waals surface area contributed by atoms with Crippen molar-refractivity contribution in [3.05, 3.63) is 5.82 Å². The number of aromatic nitrogens is 3. The van der Waals surface area contributed by atoms with Crippen LogP contribution in [0.15, 0.2) is 0 Å². The molecule has 1 aromatic rings. The Morgan fingerprint density at radius 1 is 1.40 bits per heavy atom. The van der Waals surface area contributed by atoms with E-state index in [2.05, 4.69) is 40.9 Å². The van der Waals surface area contributed by atoms with Gasteiger partial charge in [-0.3, -0.25) is 4.57 Å². The van der Waals surface area contributed by atoms with Crippen LogP contribution in [-0.4, -0.2) is 21.3 Å². The molecule has 0 amide bonds. The van der Waals surface area contributed by atoms with Gasteiger partial charge in [-0.05, 0) is 32.6 Å². The smallest absolute Gasteiger partial charge is 0.224 e. The van der Waals surface area contributed by atoms with Gasteiger partial charge in [-0.2, -0.15) is 0 Å². The van der Waals surface area contributed by atoms with Crippen molar-refractivity contribution in [3.8, 4) is 0 Å². The Balaban J connectivity index is 2.21. The summed E-state index contributed by atoms with van der Waals surface area (Å²) in [4.78, 5) is 0. The van der Waals surface area contributed by atoms with Crippen molar-refractivity contribution >= 4 is 5.95 Å². The van der Waals surface area contributed by atoms with Crippen molar-refractivity contribution < 1.29 is 0 Å². The van der Waals surface area contributed by atoms with Gasteiger partial charge >= 0.3 is 0 Å². The van der Waals surface area contributed by atoms with Crippen molar-refractivity contribution in [3.63, 3.8) is 0 Å². The lowest BCUT2D eigenvalue weighted by molar-refractivity contribution is 0.571. The van der Waals surface area contributed by atoms with Gasteiger partial charge in [0.15, 0.2) is 0 Å². The number of hydrogen-bond acceptors (Lipinski definition) is 3. The van der Waals surface area contributed by atoms with E-state index in [0.29, 0.717) is 5.92 Å². The quantitative estimate of drug-likeness (QED) is 0.807. The molecule has 1 aromatic heterocycles. The number of nitrogens with zero attached hydrogens (tertiary/aromatic N) is 3. The van der Waals surface area contributed by atoms with E-state index in [1.54, 1.807) is 0 Å². The monoisotopic (exact) mass is 208 g/mol. The molecule has 1 N–H and O–H groups in total. The predicted octanol–water partition coefficient (Wildman–Crippen LogP) is 2.24. The highest BCUT2D eigenvalue weighted by Gasteiger charge is 2.32. The standard InChI is InChI=1S/C11H20N4/c1-4-12-11-14-13-10(15(11)5-2)8(3)9-6-7-9/h8-9H,4-7H2,1-3H3,(H,12,14). The van der Waals surface area contributed by atoms with Crippen molar-refractivity contribution in [2.45, 2.75) is 46.1 Å². The molecule has 2 rings (SSSR count). The van der Waals surface area contributed by atoms with Crippen LogP contribution in [0.3, 0.4) is 0 Å². The summed E-state index contributed by atoms with van der Waals surface area (Å²) < 4.78 is 2.20. The van der Waals surface area contributed by atoms with Crippen LogP contribution in [-0.2, 0) is 6.54 Å². The van der Waals surface area contributed by atoms with E-state index in [1.165, 1.54) is 12.8 Å². The molecule has 1 unspecified atom stereocenters. The summed E-state index contributed by atoms with van der Waals surface area (Å²) in [6.07, 6.45) is 2.71. The Hall–Kier alpha value is -1.06. The highest BCUT2D eigenvalue weighted by molar-refractivity contribution is 5.26. The van der Waals surface area contributed by atoms with Gasteiger partial charge in [-0.15, -0.1) is 10.2 Å². The lowest BCUT2D eigenvalue weighted by Gasteiger charge is -2.12. The third kappa shape index (κ3) is 1.98. The Bertz CT molecular complexity index is 327. The molecular formula is C11H20N4. The topological polar surface area (TPSA) is 42.7 Å². The molecule has 1 aliphatic carbocycles. The van der Waals surface area contributed by atoms with Gasteiger partial charge in [0.1, 0.15) is 5.82 Å². The SMILES string of the molecule is CCNc1nnc(C(C)C2CC2)n1CC. The molecule has 0 spiro atoms. The van der Waals surface area contributed by atoms with Gasteiger partial charge in [0.25, 0.3) is 0 Å². The zero-order valence-corrected chi connectivity index (χ0v) is 9.82. The fourth-order valence-corrected chi connectivity index (χ4v) is 2.06. The van der Waals surface area contributed by atoms with Crippen molar-refractivity contribution in [1.29, 1.82) is 0 Å². The maximum atomic E-state index is 4.32. The van der Waals surface area contributed by atoms with Crippen LogP contribution in [0.25, 0.3) is 0 Å². The molecule has 0 bridgehead atoms. The third-order valence-electron chi connectivity index (χ3n) is 3.17. The zero-order valence-electron chi connectivity index (χ0n) is 9.82. The molecule has 4 heteroatoms. The molecule has 0 aliphatic heterocycles. The number of hydrogen-bond donors (Lipinski definition) is 1. The first-order valence-electron chi connectivity index (χ1n) is 5.94. The largest absolute Gasteiger partial charge is 0.355 e. The molecule has 84 valence electrons. The van der Waals surface area contributed by atoms with Crippen LogP contribution in [0.4, 0.5) is 5.95 Å². The first-order chi connectivity index (χ1) is 7.27. The van der Waals surface area contributed by atoms with E-state index in [9.17, 15) is 0 Å². The average molecular weight is 208 g/mol.